The first-order valence-electron chi connectivity index (χ1n) is 9.15. The average molecular weight is 338 g/mol. The number of fused-ring (bicyclic) bond motifs is 1. The van der Waals surface area contributed by atoms with Gasteiger partial charge in [-0.15, -0.1) is 0 Å². The van der Waals surface area contributed by atoms with E-state index in [-0.39, 0.29) is 0 Å². The molecule has 0 aromatic heterocycles. The second-order valence-corrected chi connectivity index (χ2v) is 6.72. The Bertz CT molecular complexity index is 832. The van der Waals surface area contributed by atoms with Gasteiger partial charge in [0.25, 0.3) is 0 Å². The normalized spacial score (nSPS) is 11.2. The van der Waals surface area contributed by atoms with Gasteiger partial charge in [0.2, 0.25) is 0 Å². The molecule has 0 saturated heterocycles. The quantitative estimate of drug-likeness (QED) is 0.396. The summed E-state index contributed by atoms with van der Waals surface area (Å²) in [6.45, 7) is 2.23. The van der Waals surface area contributed by atoms with Crippen molar-refractivity contribution in [3.63, 3.8) is 0 Å². The molecule has 0 fully saturated rings. The predicted octanol–water partition coefficient (Wildman–Crippen LogP) is 7.30. The zero-order valence-corrected chi connectivity index (χ0v) is 14.7. The Morgan fingerprint density at radius 3 is 2.08 bits per heavy atom. The maximum Gasteiger partial charge on any atom is 0.126 e. The number of hydrogen-bond donors (Lipinski definition) is 0. The van der Waals surface area contributed by atoms with Crippen molar-refractivity contribution in [3.05, 3.63) is 71.8 Å². The lowest BCUT2D eigenvalue weighted by molar-refractivity contribution is 0.584. The first-order valence-corrected chi connectivity index (χ1v) is 9.15. The van der Waals surface area contributed by atoms with Gasteiger partial charge in [-0.25, -0.2) is 8.78 Å². The molecule has 0 aliphatic carbocycles. The molecular weight excluding hydrogens is 314 g/mol. The molecule has 0 spiro atoms. The fourth-order valence-corrected chi connectivity index (χ4v) is 3.28. The molecule has 3 aromatic rings. The number of hydrogen-bond acceptors (Lipinski definition) is 0. The number of benzene rings is 3. The fraction of sp³-hybridized carbons (Fsp3) is 0.304. The Morgan fingerprint density at radius 1 is 0.640 bits per heavy atom. The molecule has 3 rings (SSSR count). The van der Waals surface area contributed by atoms with Crippen LogP contribution in [0.4, 0.5) is 8.78 Å². The van der Waals surface area contributed by atoms with Crippen LogP contribution in [0.5, 0.6) is 0 Å². The number of rotatable bonds is 7. The van der Waals surface area contributed by atoms with E-state index in [4.69, 9.17) is 0 Å². The summed E-state index contributed by atoms with van der Waals surface area (Å²) in [5, 5.41) is 2.27. The van der Waals surface area contributed by atoms with Gasteiger partial charge in [0.1, 0.15) is 11.6 Å². The number of aryl methyl sites for hydroxylation is 1. The lowest BCUT2D eigenvalue weighted by Gasteiger charge is -2.07. The zero-order chi connectivity index (χ0) is 17.6. The third kappa shape index (κ3) is 4.66. The van der Waals surface area contributed by atoms with Gasteiger partial charge < -0.3 is 0 Å². The van der Waals surface area contributed by atoms with Gasteiger partial charge in [-0.05, 0) is 58.5 Å². The van der Waals surface area contributed by atoms with Crippen LogP contribution in [0.15, 0.2) is 54.6 Å². The fourth-order valence-electron chi connectivity index (χ4n) is 3.28. The van der Waals surface area contributed by atoms with E-state index >= 15 is 0 Å². The summed E-state index contributed by atoms with van der Waals surface area (Å²) in [5.41, 5.74) is 2.76. The summed E-state index contributed by atoms with van der Waals surface area (Å²) in [6, 6.07) is 16.1. The van der Waals surface area contributed by atoms with Gasteiger partial charge in [-0.2, -0.15) is 0 Å². The number of unbranched alkanes of at least 4 members (excludes halogenated alkanes) is 4. The van der Waals surface area contributed by atoms with Crippen LogP contribution in [0.25, 0.3) is 21.9 Å². The van der Waals surface area contributed by atoms with Gasteiger partial charge in [-0.3, -0.25) is 0 Å². The minimum absolute atomic E-state index is 0.548. The minimum Gasteiger partial charge on any atom is -0.207 e. The molecule has 0 nitrogen and oxygen atoms in total. The first-order chi connectivity index (χ1) is 12.2. The third-order valence-corrected chi connectivity index (χ3v) is 4.67. The van der Waals surface area contributed by atoms with Crippen LogP contribution < -0.4 is 0 Å². The van der Waals surface area contributed by atoms with Crippen molar-refractivity contribution >= 4 is 10.8 Å². The molecular formula is C23H24F2. The molecule has 0 aliphatic rings. The molecule has 130 valence electrons. The Morgan fingerprint density at radius 2 is 1.32 bits per heavy atom. The predicted molar refractivity (Wildman–Crippen MR) is 102 cm³/mol. The van der Waals surface area contributed by atoms with Crippen molar-refractivity contribution in [2.24, 2.45) is 0 Å². The van der Waals surface area contributed by atoms with Gasteiger partial charge >= 0.3 is 0 Å². The van der Waals surface area contributed by atoms with Gasteiger partial charge in [0.05, 0.1) is 0 Å². The highest BCUT2D eigenvalue weighted by Crippen LogP contribution is 2.27. The van der Waals surface area contributed by atoms with E-state index in [9.17, 15) is 8.78 Å². The molecule has 0 radical (unpaired) electrons. The van der Waals surface area contributed by atoms with E-state index in [1.54, 1.807) is 0 Å². The average Bonchev–Trinajstić information content (AvgIpc) is 2.60. The van der Waals surface area contributed by atoms with Crippen molar-refractivity contribution in [3.8, 4) is 11.1 Å². The Hall–Kier alpha value is -2.22. The maximum atomic E-state index is 13.4. The van der Waals surface area contributed by atoms with Crippen molar-refractivity contribution < 1.29 is 8.78 Å². The van der Waals surface area contributed by atoms with Crippen molar-refractivity contribution in [2.45, 2.75) is 45.4 Å². The van der Waals surface area contributed by atoms with E-state index in [1.165, 1.54) is 55.2 Å². The smallest absolute Gasteiger partial charge is 0.126 e. The monoisotopic (exact) mass is 338 g/mol. The summed E-state index contributed by atoms with van der Waals surface area (Å²) in [6.07, 6.45) is 7.53. The largest absolute Gasteiger partial charge is 0.207 e. The highest BCUT2D eigenvalue weighted by molar-refractivity contribution is 5.87. The molecule has 3 aromatic carbocycles. The molecule has 0 unspecified atom stereocenters. The molecule has 0 atom stereocenters. The van der Waals surface area contributed by atoms with Gasteiger partial charge in [-0.1, -0.05) is 62.9 Å². The Balaban J connectivity index is 1.76. The molecule has 0 bridgehead atoms. The summed E-state index contributed by atoms with van der Waals surface area (Å²) in [5.74, 6) is -1.10. The van der Waals surface area contributed by atoms with Crippen LogP contribution >= 0.6 is 0 Å². The highest BCUT2D eigenvalue weighted by atomic mass is 19.1. The molecule has 0 saturated carbocycles. The van der Waals surface area contributed by atoms with Crippen molar-refractivity contribution in [2.75, 3.05) is 0 Å². The van der Waals surface area contributed by atoms with E-state index in [0.29, 0.717) is 5.56 Å². The lowest BCUT2D eigenvalue weighted by Crippen LogP contribution is -1.88. The van der Waals surface area contributed by atoms with Gasteiger partial charge in [0, 0.05) is 6.07 Å². The molecule has 0 aliphatic heterocycles. The highest BCUT2D eigenvalue weighted by Gasteiger charge is 2.05. The van der Waals surface area contributed by atoms with E-state index < -0.39 is 11.6 Å². The number of halogens is 2. The van der Waals surface area contributed by atoms with Crippen LogP contribution in [0, 0.1) is 11.6 Å². The molecule has 0 heterocycles. The lowest BCUT2D eigenvalue weighted by atomic mass is 9.98. The van der Waals surface area contributed by atoms with E-state index in [0.717, 1.165) is 23.4 Å². The van der Waals surface area contributed by atoms with Crippen LogP contribution in [0.3, 0.4) is 0 Å². The summed E-state index contributed by atoms with van der Waals surface area (Å²) < 4.78 is 26.9. The standard InChI is InChI=1S/C23H24F2/c1-2-3-4-5-6-7-17-8-9-19-13-20(11-10-18(19)12-17)21-14-22(24)16-23(25)15-21/h8-16H,2-7H2,1H3. The van der Waals surface area contributed by atoms with Crippen molar-refractivity contribution in [1.82, 2.24) is 0 Å². The molecule has 0 N–H and O–H groups in total. The summed E-state index contributed by atoms with van der Waals surface area (Å²) >= 11 is 0. The SMILES string of the molecule is CCCCCCCc1ccc2cc(-c3cc(F)cc(F)c3)ccc2c1. The van der Waals surface area contributed by atoms with Crippen LogP contribution in [0.2, 0.25) is 0 Å². The van der Waals surface area contributed by atoms with Crippen LogP contribution in [-0.2, 0) is 6.42 Å². The van der Waals surface area contributed by atoms with Gasteiger partial charge in [0.15, 0.2) is 0 Å². The van der Waals surface area contributed by atoms with Crippen LogP contribution in [0.1, 0.15) is 44.6 Å². The second kappa shape index (κ2) is 8.24. The van der Waals surface area contributed by atoms with E-state index in [1.807, 2.05) is 18.2 Å². The van der Waals surface area contributed by atoms with Crippen LogP contribution in [-0.4, -0.2) is 0 Å². The molecule has 25 heavy (non-hydrogen) atoms. The van der Waals surface area contributed by atoms with Crippen molar-refractivity contribution in [1.29, 1.82) is 0 Å². The first kappa shape index (κ1) is 17.6. The molecule has 0 amide bonds. The van der Waals surface area contributed by atoms with E-state index in [2.05, 4.69) is 25.1 Å². The Labute approximate surface area is 148 Å². The molecule has 2 heteroatoms. The zero-order valence-electron chi connectivity index (χ0n) is 14.7. The Kier molecular flexibility index (Phi) is 5.80. The third-order valence-electron chi connectivity index (χ3n) is 4.67. The summed E-state index contributed by atoms with van der Waals surface area (Å²) in [4.78, 5) is 0. The minimum atomic E-state index is -0.548. The topological polar surface area (TPSA) is 0 Å². The summed E-state index contributed by atoms with van der Waals surface area (Å²) in [7, 11) is 0. The second-order valence-electron chi connectivity index (χ2n) is 6.72. The maximum absolute atomic E-state index is 13.4.